The van der Waals surface area contributed by atoms with Gasteiger partial charge in [-0.15, -0.1) is 11.8 Å². The van der Waals surface area contributed by atoms with Crippen LogP contribution >= 0.6 is 19.5 Å². The number of H-pyrrole nitrogens is 1. The number of aromatic nitrogens is 2. The number of esters is 1. The zero-order chi connectivity index (χ0) is 28.4. The Morgan fingerprint density at radius 2 is 2.03 bits per heavy atom. The second-order valence-corrected chi connectivity index (χ2v) is 12.6. The number of carbonyl (C=O) groups excluding carboxylic acids is 1. The minimum absolute atomic E-state index is 0.174. The summed E-state index contributed by atoms with van der Waals surface area (Å²) in [4.78, 5) is 38.8. The van der Waals surface area contributed by atoms with Crippen LogP contribution in [-0.4, -0.2) is 61.7 Å². The number of nitrogens with zero attached hydrogens (tertiary/aromatic N) is 2. The van der Waals surface area contributed by atoms with E-state index >= 15 is 0 Å². The first-order valence-electron chi connectivity index (χ1n) is 12.1. The molecule has 2 saturated heterocycles. The lowest BCUT2D eigenvalue weighted by Crippen LogP contribution is -2.57. The van der Waals surface area contributed by atoms with E-state index in [4.69, 9.17) is 24.1 Å². The number of thioether (sulfide) groups is 1. The number of carbonyl (C=O) groups is 1. The lowest BCUT2D eigenvalue weighted by atomic mass is 9.91. The number of aliphatic hydroxyl groups excluding tert-OH is 1. The van der Waals surface area contributed by atoms with Crippen molar-refractivity contribution in [2.75, 3.05) is 12.4 Å². The van der Waals surface area contributed by atoms with E-state index in [1.165, 1.54) is 37.0 Å². The van der Waals surface area contributed by atoms with Gasteiger partial charge in [0, 0.05) is 12.3 Å². The summed E-state index contributed by atoms with van der Waals surface area (Å²) in [5, 5.41) is 17.8. The molecular weight excluding hydrogens is 553 g/mol. The highest BCUT2D eigenvalue weighted by atomic mass is 32.2. The van der Waals surface area contributed by atoms with Crippen LogP contribution in [0.3, 0.4) is 0 Å². The van der Waals surface area contributed by atoms with Gasteiger partial charge in [-0.1, -0.05) is 18.2 Å². The molecule has 3 heterocycles. The van der Waals surface area contributed by atoms with Crippen molar-refractivity contribution in [2.45, 2.75) is 62.1 Å². The second kappa shape index (κ2) is 11.4. The minimum atomic E-state index is -4.35. The van der Waals surface area contributed by atoms with Crippen LogP contribution in [-0.2, 0) is 23.4 Å². The normalized spacial score (nSPS) is 28.4. The summed E-state index contributed by atoms with van der Waals surface area (Å²) in [6.45, 7) is 4.10. The minimum Gasteiger partial charge on any atom is -0.462 e. The molecule has 0 bridgehead atoms. The highest BCUT2D eigenvalue weighted by molar-refractivity contribution is 8.02. The van der Waals surface area contributed by atoms with Gasteiger partial charge < -0.3 is 19.1 Å². The number of nitrogens with one attached hydrogen (secondary N) is 2. The predicted molar refractivity (Wildman–Crippen MR) is 139 cm³/mol. The van der Waals surface area contributed by atoms with Crippen LogP contribution < -0.4 is 26.4 Å². The van der Waals surface area contributed by atoms with Gasteiger partial charge >= 0.3 is 19.4 Å². The first kappa shape index (κ1) is 29.2. The van der Waals surface area contributed by atoms with Gasteiger partial charge in [-0.3, -0.25) is 23.7 Å². The molecule has 1 aromatic carbocycles. The Morgan fingerprint density at radius 3 is 2.59 bits per heavy atom. The van der Waals surface area contributed by atoms with Crippen LogP contribution in [0.1, 0.15) is 33.4 Å². The van der Waals surface area contributed by atoms with Crippen molar-refractivity contribution >= 4 is 25.5 Å². The van der Waals surface area contributed by atoms with Crippen molar-refractivity contribution in [3.8, 4) is 5.75 Å². The fraction of sp³-hybridized carbons (Fsp3) is 0.522. The topological polar surface area (TPSA) is 196 Å². The Hall–Kier alpha value is -2.81. The van der Waals surface area contributed by atoms with Gasteiger partial charge in [0.25, 0.3) is 11.3 Å². The maximum absolute atomic E-state index is 13.9. The maximum Gasteiger partial charge on any atom is 0.459 e. The van der Waals surface area contributed by atoms with Gasteiger partial charge in [-0.2, -0.15) is 10.6 Å². The van der Waals surface area contributed by atoms with Crippen molar-refractivity contribution in [3.05, 3.63) is 63.4 Å². The van der Waals surface area contributed by atoms with E-state index in [1.54, 1.807) is 32.0 Å². The van der Waals surface area contributed by atoms with Gasteiger partial charge in [-0.05, 0) is 50.2 Å². The molecule has 0 amide bonds. The van der Waals surface area contributed by atoms with Crippen LogP contribution in [0.4, 0.5) is 0 Å². The Kier molecular flexibility index (Phi) is 8.50. The van der Waals surface area contributed by atoms with Crippen molar-refractivity contribution in [1.82, 2.24) is 14.6 Å². The monoisotopic (exact) mass is 584 g/mol. The summed E-state index contributed by atoms with van der Waals surface area (Å²) in [5.41, 5.74) is 2.40. The number of para-hydroxylation sites is 1. The van der Waals surface area contributed by atoms with Gasteiger partial charge in [0.1, 0.15) is 24.5 Å². The van der Waals surface area contributed by atoms with E-state index in [2.05, 4.69) is 15.2 Å². The lowest BCUT2D eigenvalue weighted by molar-refractivity contribution is -0.285. The van der Waals surface area contributed by atoms with Crippen molar-refractivity contribution in [3.63, 3.8) is 0 Å². The fourth-order valence-corrected chi connectivity index (χ4v) is 7.13. The average molecular weight is 585 g/mol. The van der Waals surface area contributed by atoms with E-state index in [1.807, 2.05) is 0 Å². The molecule has 1 spiro atoms. The molecule has 2 aliphatic rings. The van der Waals surface area contributed by atoms with Crippen molar-refractivity contribution < 1.29 is 38.5 Å². The SMILES string of the molecule is CC(C)OC(=O)[C@H](C)NP(=O)(OC[C@@]1(N=[NH2+])O[C@@H](n2ccc(=O)[nH]c2=O)[C@@]2(CCS2)[C@@H]1O)Oc1ccccc1. The predicted octanol–water partition coefficient (Wildman–Crippen LogP) is 0.343. The van der Waals surface area contributed by atoms with Gasteiger partial charge in [0.05, 0.1) is 10.9 Å². The zero-order valence-corrected chi connectivity index (χ0v) is 23.2. The molecule has 14 nitrogen and oxygen atoms in total. The fourth-order valence-electron chi connectivity index (χ4n) is 4.29. The van der Waals surface area contributed by atoms with Crippen LogP contribution in [0.2, 0.25) is 0 Å². The van der Waals surface area contributed by atoms with Gasteiger partial charge in [0.2, 0.25) is 0 Å². The lowest BCUT2D eigenvalue weighted by Gasteiger charge is -2.43. The zero-order valence-electron chi connectivity index (χ0n) is 21.5. The van der Waals surface area contributed by atoms with Crippen LogP contribution in [0.5, 0.6) is 5.75 Å². The third kappa shape index (κ3) is 5.88. The third-order valence-electron chi connectivity index (χ3n) is 6.28. The number of aliphatic hydroxyl groups is 1. The quantitative estimate of drug-likeness (QED) is 0.162. The number of nitrogens with two attached hydrogens (primary N) is 1. The molecule has 5 N–H and O–H groups in total. The number of hydrogen-bond acceptors (Lipinski definition) is 11. The van der Waals surface area contributed by atoms with E-state index < -0.39 is 66.5 Å². The van der Waals surface area contributed by atoms with Crippen LogP contribution in [0.25, 0.3) is 0 Å². The third-order valence-corrected chi connectivity index (χ3v) is 9.48. The molecule has 0 radical (unpaired) electrons. The Morgan fingerprint density at radius 1 is 1.33 bits per heavy atom. The molecule has 2 aliphatic heterocycles. The first-order chi connectivity index (χ1) is 18.4. The van der Waals surface area contributed by atoms with Gasteiger partial charge in [-0.25, -0.2) is 9.36 Å². The molecule has 0 aliphatic carbocycles. The molecule has 2 fully saturated rings. The standard InChI is InChI=1S/C23H30N5O9PS/c1-14(2)35-18(30)15(3)26-38(33,37-16-7-5-4-6-8-16)34-13-23(27-24)19(31)22(10-12-39-22)20(36-23)28-11-9-17(29)25-21(28)32/h4-9,11,14-15,19-20,24,31H,10,12-13H2,1-3H3,(H,26,33)(H,25,29,32)/p+1/t15-,19-,20+,22+,23+,38?/m0/s1. The van der Waals surface area contributed by atoms with E-state index in [-0.39, 0.29) is 5.75 Å². The summed E-state index contributed by atoms with van der Waals surface area (Å²) in [6.07, 6.45) is -1.23. The number of aromatic amines is 1. The molecule has 1 aromatic heterocycles. The molecule has 0 saturated carbocycles. The number of ether oxygens (including phenoxy) is 2. The summed E-state index contributed by atoms with van der Waals surface area (Å²) in [6, 6.07) is 8.15. The average Bonchev–Trinajstić information content (AvgIpc) is 3.12. The molecule has 6 atom stereocenters. The maximum atomic E-state index is 13.9. The number of benzene rings is 1. The van der Waals surface area contributed by atoms with E-state index in [0.717, 1.165) is 10.6 Å². The molecule has 4 rings (SSSR count). The van der Waals surface area contributed by atoms with Crippen LogP contribution in [0, 0.1) is 0 Å². The van der Waals surface area contributed by atoms with E-state index in [9.17, 15) is 24.1 Å². The summed E-state index contributed by atoms with van der Waals surface area (Å²) in [5.74, 6) is 0.139. The smallest absolute Gasteiger partial charge is 0.459 e. The largest absolute Gasteiger partial charge is 0.462 e. The summed E-state index contributed by atoms with van der Waals surface area (Å²) >= 11 is 1.34. The van der Waals surface area contributed by atoms with Gasteiger partial charge in [0.15, 0.2) is 6.23 Å². The molecule has 39 heavy (non-hydrogen) atoms. The molecule has 212 valence electrons. The second-order valence-electron chi connectivity index (χ2n) is 9.43. The number of hydrogen-bond donors (Lipinski definition) is 4. The first-order valence-corrected chi connectivity index (χ1v) is 14.7. The Labute approximate surface area is 227 Å². The van der Waals surface area contributed by atoms with Crippen molar-refractivity contribution in [2.24, 2.45) is 5.11 Å². The molecule has 16 heteroatoms. The van der Waals surface area contributed by atoms with Crippen LogP contribution in [0.15, 0.2) is 57.3 Å². The molecule has 1 unspecified atom stereocenters. The summed E-state index contributed by atoms with van der Waals surface area (Å²) in [7, 11) is -4.35. The molecule has 2 aromatic rings. The molecular formula is C23H31N5O9PS+. The summed E-state index contributed by atoms with van der Waals surface area (Å²) < 4.78 is 36.6. The Balaban J connectivity index is 1.63. The van der Waals surface area contributed by atoms with E-state index in [0.29, 0.717) is 12.2 Å². The Bertz CT molecular complexity index is 1370. The number of rotatable bonds is 11. The highest BCUT2D eigenvalue weighted by Crippen LogP contribution is 2.60. The highest BCUT2D eigenvalue weighted by Gasteiger charge is 2.70. The van der Waals surface area contributed by atoms with Crippen molar-refractivity contribution in [1.29, 1.82) is 0 Å².